The van der Waals surface area contributed by atoms with Gasteiger partial charge in [0.25, 0.3) is 0 Å². The van der Waals surface area contributed by atoms with Crippen LogP contribution in [0.2, 0.25) is 0 Å². The van der Waals surface area contributed by atoms with Crippen molar-refractivity contribution < 1.29 is 49.1 Å². The maximum atomic E-state index is 11.9. The molecule has 12 heteroatoms. The molecule has 0 aromatic heterocycles. The van der Waals surface area contributed by atoms with E-state index in [-0.39, 0.29) is 11.8 Å². The van der Waals surface area contributed by atoms with Gasteiger partial charge in [-0.05, 0) is 11.8 Å². The highest BCUT2D eigenvalue weighted by atomic mass is 16.6. The van der Waals surface area contributed by atoms with E-state index in [4.69, 9.17) is 9.47 Å². The summed E-state index contributed by atoms with van der Waals surface area (Å²) in [6.45, 7) is 5.19. The molecule has 0 fully saturated rings. The number of hydrogen-bond donors (Lipinski definition) is 6. The maximum Gasteiger partial charge on any atom is 0.328 e. The minimum Gasteiger partial charge on any atom is -0.461 e. The molecule has 0 bridgehead atoms. The van der Waals surface area contributed by atoms with Gasteiger partial charge in [-0.1, -0.05) is 27.7 Å². The second kappa shape index (κ2) is 13.9. The number of aliphatic hydroxyl groups excluding tert-OH is 4. The molecular weight excluding hydrogens is 404 g/mol. The van der Waals surface area contributed by atoms with E-state index in [1.807, 2.05) is 0 Å². The molecule has 0 aromatic carbocycles. The molecule has 0 rings (SSSR count). The van der Waals surface area contributed by atoms with Crippen molar-refractivity contribution in [2.45, 2.75) is 64.2 Å². The molecule has 6 atom stereocenters. The number of rotatable bonds is 15. The number of amides is 2. The molecular formula is C18H32N2O10. The van der Waals surface area contributed by atoms with Crippen LogP contribution < -0.4 is 10.6 Å². The van der Waals surface area contributed by atoms with Gasteiger partial charge in [-0.3, -0.25) is 9.59 Å². The zero-order valence-corrected chi connectivity index (χ0v) is 17.4. The van der Waals surface area contributed by atoms with Crippen LogP contribution in [0.3, 0.4) is 0 Å². The third-order valence-electron chi connectivity index (χ3n) is 4.27. The van der Waals surface area contributed by atoms with Gasteiger partial charge in [0.05, 0.1) is 0 Å². The van der Waals surface area contributed by atoms with Crippen molar-refractivity contribution in [3.8, 4) is 0 Å². The average molecular weight is 436 g/mol. The molecule has 0 unspecified atom stereocenters. The van der Waals surface area contributed by atoms with Crippen LogP contribution >= 0.6 is 0 Å². The summed E-state index contributed by atoms with van der Waals surface area (Å²) in [4.78, 5) is 44.9. The largest absolute Gasteiger partial charge is 0.461 e. The van der Waals surface area contributed by atoms with Crippen molar-refractivity contribution in [2.75, 3.05) is 13.2 Å². The summed E-state index contributed by atoms with van der Waals surface area (Å²) >= 11 is 0. The van der Waals surface area contributed by atoms with Crippen LogP contribution in [-0.2, 0) is 28.7 Å². The van der Waals surface area contributed by atoms with Crippen LogP contribution in [0.5, 0.6) is 0 Å². The SMILES string of the molecule is CC(C)[C@H](NC=O)C(=O)OC[C@H](O)[C@H](O)[C@H](O)[C@@H](O)COC(=O)[C@@H](NC=O)C(C)C. The fourth-order valence-electron chi connectivity index (χ4n) is 2.38. The lowest BCUT2D eigenvalue weighted by molar-refractivity contribution is -0.165. The number of hydrogen-bond acceptors (Lipinski definition) is 10. The highest BCUT2D eigenvalue weighted by molar-refractivity contribution is 5.79. The van der Waals surface area contributed by atoms with Crippen molar-refractivity contribution in [3.63, 3.8) is 0 Å². The van der Waals surface area contributed by atoms with Gasteiger partial charge in [-0.15, -0.1) is 0 Å². The average Bonchev–Trinajstić information content (AvgIpc) is 2.69. The van der Waals surface area contributed by atoms with Gasteiger partial charge in [0.2, 0.25) is 12.8 Å². The van der Waals surface area contributed by atoms with Crippen LogP contribution in [0.4, 0.5) is 0 Å². The minimum absolute atomic E-state index is 0.296. The van der Waals surface area contributed by atoms with Crippen molar-refractivity contribution in [2.24, 2.45) is 11.8 Å². The molecule has 0 aliphatic carbocycles. The number of carbonyl (C=O) groups is 4. The Labute approximate surface area is 174 Å². The molecule has 12 nitrogen and oxygen atoms in total. The highest BCUT2D eigenvalue weighted by Gasteiger charge is 2.33. The standard InChI is InChI=1S/C18H32N2O10/c1-9(2)13(19-7-21)17(27)29-5-11(23)15(25)16(26)12(24)6-30-18(28)14(10(3)4)20-8-22/h7-16,23-26H,5-6H2,1-4H3,(H,19,21)(H,20,22)/t11-,12-,13-,14-,15-,16+/m0/s1. The summed E-state index contributed by atoms with van der Waals surface area (Å²) < 4.78 is 9.65. The van der Waals surface area contributed by atoms with Gasteiger partial charge in [0.15, 0.2) is 0 Å². The van der Waals surface area contributed by atoms with Crippen molar-refractivity contribution in [1.29, 1.82) is 0 Å². The van der Waals surface area contributed by atoms with Gasteiger partial charge in [-0.2, -0.15) is 0 Å². The van der Waals surface area contributed by atoms with Crippen LogP contribution in [-0.4, -0.2) is 94.9 Å². The Morgan fingerprint density at radius 3 is 1.27 bits per heavy atom. The van der Waals surface area contributed by atoms with E-state index in [2.05, 4.69) is 10.6 Å². The van der Waals surface area contributed by atoms with Crippen LogP contribution in [0, 0.1) is 11.8 Å². The Morgan fingerprint density at radius 1 is 0.733 bits per heavy atom. The summed E-state index contributed by atoms with van der Waals surface area (Å²) in [5, 5.41) is 44.2. The minimum atomic E-state index is -1.93. The topological polar surface area (TPSA) is 192 Å². The van der Waals surface area contributed by atoms with E-state index in [1.165, 1.54) is 0 Å². The zero-order chi connectivity index (χ0) is 23.4. The highest BCUT2D eigenvalue weighted by Crippen LogP contribution is 2.10. The Kier molecular flexibility index (Phi) is 12.8. The number of nitrogens with one attached hydrogen (secondary N) is 2. The first kappa shape index (κ1) is 27.7. The van der Waals surface area contributed by atoms with Gasteiger partial charge in [-0.25, -0.2) is 9.59 Å². The molecule has 6 N–H and O–H groups in total. The molecule has 0 saturated heterocycles. The molecule has 0 aliphatic rings. The Bertz CT molecular complexity index is 509. The zero-order valence-electron chi connectivity index (χ0n) is 17.4. The lowest BCUT2D eigenvalue weighted by Crippen LogP contribution is -2.49. The monoisotopic (exact) mass is 436 g/mol. The Hall–Kier alpha value is -2.28. The number of esters is 2. The van der Waals surface area contributed by atoms with Gasteiger partial charge in [0, 0.05) is 0 Å². The summed E-state index contributed by atoms with van der Waals surface area (Å²) in [5.74, 6) is -2.30. The van der Waals surface area contributed by atoms with E-state index in [1.54, 1.807) is 27.7 Å². The van der Waals surface area contributed by atoms with E-state index in [9.17, 15) is 39.6 Å². The molecule has 0 radical (unpaired) electrons. The normalized spacial score (nSPS) is 17.3. The summed E-state index contributed by atoms with van der Waals surface area (Å²) in [6.07, 6.45) is -6.74. The summed E-state index contributed by atoms with van der Waals surface area (Å²) in [5.41, 5.74) is 0. The summed E-state index contributed by atoms with van der Waals surface area (Å²) in [6, 6.07) is -1.92. The molecule has 0 aliphatic heterocycles. The smallest absolute Gasteiger partial charge is 0.328 e. The number of carbonyl (C=O) groups excluding carboxylic acids is 4. The third-order valence-corrected chi connectivity index (χ3v) is 4.27. The van der Waals surface area contributed by atoms with E-state index in [0.717, 1.165) is 0 Å². The quantitative estimate of drug-likeness (QED) is 0.114. The predicted octanol–water partition coefficient (Wildman–Crippen LogP) is -2.94. The fourth-order valence-corrected chi connectivity index (χ4v) is 2.38. The second-order valence-electron chi connectivity index (χ2n) is 7.39. The first-order valence-corrected chi connectivity index (χ1v) is 9.42. The molecule has 0 heterocycles. The predicted molar refractivity (Wildman–Crippen MR) is 102 cm³/mol. The van der Waals surface area contributed by atoms with Crippen LogP contribution in [0.1, 0.15) is 27.7 Å². The molecule has 0 saturated carbocycles. The maximum absolute atomic E-state index is 11.9. The Morgan fingerprint density at radius 2 is 1.03 bits per heavy atom. The molecule has 0 spiro atoms. The Balaban J connectivity index is 4.66. The lowest BCUT2D eigenvalue weighted by atomic mass is 10.0. The van der Waals surface area contributed by atoms with Gasteiger partial charge >= 0.3 is 11.9 Å². The van der Waals surface area contributed by atoms with E-state index in [0.29, 0.717) is 12.8 Å². The first-order valence-electron chi connectivity index (χ1n) is 9.42. The first-order chi connectivity index (χ1) is 14.0. The lowest BCUT2D eigenvalue weighted by Gasteiger charge is -2.27. The van der Waals surface area contributed by atoms with Gasteiger partial charge in [0.1, 0.15) is 49.7 Å². The molecule has 2 amide bonds. The molecule has 0 aromatic rings. The molecule has 174 valence electrons. The second-order valence-corrected chi connectivity index (χ2v) is 7.39. The van der Waals surface area contributed by atoms with Gasteiger partial charge < -0.3 is 40.5 Å². The number of aliphatic hydroxyl groups is 4. The van der Waals surface area contributed by atoms with Crippen LogP contribution in [0.25, 0.3) is 0 Å². The summed E-state index contributed by atoms with van der Waals surface area (Å²) in [7, 11) is 0. The number of ether oxygens (including phenoxy) is 2. The van der Waals surface area contributed by atoms with E-state index >= 15 is 0 Å². The fraction of sp³-hybridized carbons (Fsp3) is 0.778. The van der Waals surface area contributed by atoms with Crippen molar-refractivity contribution >= 4 is 24.8 Å². The van der Waals surface area contributed by atoms with Crippen molar-refractivity contribution in [1.82, 2.24) is 10.6 Å². The third kappa shape index (κ3) is 9.03. The van der Waals surface area contributed by atoms with Crippen LogP contribution in [0.15, 0.2) is 0 Å². The molecule has 30 heavy (non-hydrogen) atoms. The van der Waals surface area contributed by atoms with Crippen molar-refractivity contribution in [3.05, 3.63) is 0 Å². The van der Waals surface area contributed by atoms with E-state index < -0.39 is 61.7 Å².